The second kappa shape index (κ2) is 5.36. The quantitative estimate of drug-likeness (QED) is 0.892. The fraction of sp³-hybridized carbons (Fsp3) is 0.333. The molecule has 0 saturated carbocycles. The zero-order chi connectivity index (χ0) is 14.9. The molecule has 0 amide bonds. The molecule has 2 aromatic rings. The number of para-hydroxylation sites is 1. The van der Waals surface area contributed by atoms with Gasteiger partial charge in [0.25, 0.3) is 0 Å². The van der Waals surface area contributed by atoms with Crippen molar-refractivity contribution in [1.29, 1.82) is 0 Å². The molecule has 0 radical (unpaired) electrons. The summed E-state index contributed by atoms with van der Waals surface area (Å²) in [6, 6.07) is 5.14. The van der Waals surface area contributed by atoms with Crippen molar-refractivity contribution in [1.82, 2.24) is 5.16 Å². The van der Waals surface area contributed by atoms with Crippen molar-refractivity contribution in [2.24, 2.45) is 0 Å². The zero-order valence-corrected chi connectivity index (χ0v) is 12.0. The number of carbonyl (C=O) groups is 1. The van der Waals surface area contributed by atoms with Crippen LogP contribution in [0.15, 0.2) is 22.7 Å². The van der Waals surface area contributed by atoms with Crippen LogP contribution >= 0.6 is 0 Å². The number of aromatic nitrogens is 1. The van der Waals surface area contributed by atoms with Crippen LogP contribution in [-0.2, 0) is 0 Å². The maximum atomic E-state index is 11.3. The van der Waals surface area contributed by atoms with Gasteiger partial charge in [0, 0.05) is 5.56 Å². The molecular formula is C15H18N2O3. The van der Waals surface area contributed by atoms with E-state index in [1.807, 2.05) is 33.8 Å². The number of hydrogen-bond acceptors (Lipinski definition) is 4. The van der Waals surface area contributed by atoms with E-state index in [9.17, 15) is 9.90 Å². The predicted molar refractivity (Wildman–Crippen MR) is 76.2 cm³/mol. The molecule has 1 heterocycles. The van der Waals surface area contributed by atoms with Crippen LogP contribution < -0.4 is 5.32 Å². The summed E-state index contributed by atoms with van der Waals surface area (Å²) in [7, 11) is 0. The Hall–Kier alpha value is -2.30. The van der Waals surface area contributed by atoms with Gasteiger partial charge in [-0.2, -0.15) is 0 Å². The summed E-state index contributed by atoms with van der Waals surface area (Å²) in [6.07, 6.45) is 0. The number of carboxylic acid groups (broad SMARTS) is 1. The van der Waals surface area contributed by atoms with E-state index in [1.165, 1.54) is 0 Å². The summed E-state index contributed by atoms with van der Waals surface area (Å²) >= 11 is 0. The largest absolute Gasteiger partial charge is 0.478 e. The van der Waals surface area contributed by atoms with Gasteiger partial charge in [0.2, 0.25) is 0 Å². The smallest absolute Gasteiger partial charge is 0.337 e. The van der Waals surface area contributed by atoms with Gasteiger partial charge in [-0.1, -0.05) is 17.3 Å². The van der Waals surface area contributed by atoms with E-state index in [2.05, 4.69) is 10.5 Å². The minimum absolute atomic E-state index is 0.0829. The number of aryl methyl sites for hydroxylation is 3. The van der Waals surface area contributed by atoms with Crippen LogP contribution in [0.3, 0.4) is 0 Å². The molecule has 2 N–H and O–H groups in total. The highest BCUT2D eigenvalue weighted by Gasteiger charge is 2.19. The third kappa shape index (κ3) is 2.52. The van der Waals surface area contributed by atoms with Crippen LogP contribution in [0, 0.1) is 20.8 Å². The van der Waals surface area contributed by atoms with Crippen LogP contribution in [0.5, 0.6) is 0 Å². The van der Waals surface area contributed by atoms with E-state index in [1.54, 1.807) is 12.1 Å². The average molecular weight is 274 g/mol. The molecule has 5 heteroatoms. The number of carboxylic acids is 1. The average Bonchev–Trinajstić information content (AvgIpc) is 2.71. The highest BCUT2D eigenvalue weighted by Crippen LogP contribution is 2.28. The van der Waals surface area contributed by atoms with Crippen LogP contribution in [-0.4, -0.2) is 16.2 Å². The van der Waals surface area contributed by atoms with Crippen molar-refractivity contribution in [2.45, 2.75) is 33.7 Å². The minimum atomic E-state index is -0.942. The molecule has 20 heavy (non-hydrogen) atoms. The molecule has 2 rings (SSSR count). The molecule has 0 aliphatic rings. The molecule has 0 aliphatic heterocycles. The predicted octanol–water partition coefficient (Wildman–Crippen LogP) is 3.47. The van der Waals surface area contributed by atoms with Gasteiger partial charge in [-0.25, -0.2) is 4.79 Å². The number of rotatable bonds is 4. The van der Waals surface area contributed by atoms with Crippen molar-refractivity contribution in [2.75, 3.05) is 5.32 Å². The lowest BCUT2D eigenvalue weighted by atomic mass is 10.0. The van der Waals surface area contributed by atoms with Gasteiger partial charge in [-0.3, -0.25) is 0 Å². The van der Waals surface area contributed by atoms with Crippen molar-refractivity contribution in [3.63, 3.8) is 0 Å². The molecule has 5 nitrogen and oxygen atoms in total. The maximum absolute atomic E-state index is 11.3. The van der Waals surface area contributed by atoms with E-state index < -0.39 is 5.97 Å². The number of nitrogens with zero attached hydrogens (tertiary/aromatic N) is 1. The SMILES string of the molecule is Cc1cccc(C(=O)O)c1NC(C)c1c(C)noc1C. The van der Waals surface area contributed by atoms with Gasteiger partial charge in [0.15, 0.2) is 0 Å². The Morgan fingerprint density at radius 3 is 2.60 bits per heavy atom. The van der Waals surface area contributed by atoms with Gasteiger partial charge in [0.1, 0.15) is 5.76 Å². The molecule has 0 bridgehead atoms. The standard InChI is InChI=1S/C15H18N2O3/c1-8-6-5-7-12(15(18)19)14(8)16-9(2)13-10(3)17-20-11(13)4/h5-7,9,16H,1-4H3,(H,18,19). The summed E-state index contributed by atoms with van der Waals surface area (Å²) in [5, 5.41) is 16.5. The summed E-state index contributed by atoms with van der Waals surface area (Å²) in [6.45, 7) is 7.57. The monoisotopic (exact) mass is 274 g/mol. The van der Waals surface area contributed by atoms with Crippen LogP contribution in [0.2, 0.25) is 0 Å². The molecular weight excluding hydrogens is 256 g/mol. The first-order chi connectivity index (χ1) is 9.41. The maximum Gasteiger partial charge on any atom is 0.337 e. The third-order valence-electron chi connectivity index (χ3n) is 3.39. The van der Waals surface area contributed by atoms with E-state index in [4.69, 9.17) is 4.52 Å². The first-order valence-corrected chi connectivity index (χ1v) is 6.44. The highest BCUT2D eigenvalue weighted by atomic mass is 16.5. The first kappa shape index (κ1) is 14.1. The number of aromatic carboxylic acids is 1. The Balaban J connectivity index is 2.38. The van der Waals surface area contributed by atoms with Crippen LogP contribution in [0.1, 0.15) is 45.9 Å². The molecule has 1 unspecified atom stereocenters. The van der Waals surface area contributed by atoms with Crippen molar-refractivity contribution < 1.29 is 14.4 Å². The van der Waals surface area contributed by atoms with Gasteiger partial charge in [-0.05, 0) is 39.3 Å². The fourth-order valence-corrected chi connectivity index (χ4v) is 2.43. The summed E-state index contributed by atoms with van der Waals surface area (Å²) < 4.78 is 5.16. The third-order valence-corrected chi connectivity index (χ3v) is 3.39. The Bertz CT molecular complexity index is 627. The second-order valence-electron chi connectivity index (χ2n) is 4.91. The lowest BCUT2D eigenvalue weighted by Gasteiger charge is -2.18. The molecule has 1 aromatic heterocycles. The zero-order valence-electron chi connectivity index (χ0n) is 12.0. The molecule has 0 spiro atoms. The molecule has 0 aliphatic carbocycles. The Morgan fingerprint density at radius 1 is 1.35 bits per heavy atom. The minimum Gasteiger partial charge on any atom is -0.478 e. The van der Waals surface area contributed by atoms with Crippen molar-refractivity contribution in [3.8, 4) is 0 Å². The van der Waals surface area contributed by atoms with Crippen molar-refractivity contribution in [3.05, 3.63) is 46.3 Å². The van der Waals surface area contributed by atoms with E-state index in [-0.39, 0.29) is 11.6 Å². The van der Waals surface area contributed by atoms with Crippen LogP contribution in [0.25, 0.3) is 0 Å². The summed E-state index contributed by atoms with van der Waals surface area (Å²) in [5.74, 6) is -0.199. The molecule has 0 saturated heterocycles. The molecule has 106 valence electrons. The number of nitrogens with one attached hydrogen (secondary N) is 1. The highest BCUT2D eigenvalue weighted by molar-refractivity contribution is 5.95. The first-order valence-electron chi connectivity index (χ1n) is 6.44. The Labute approximate surface area is 117 Å². The fourth-order valence-electron chi connectivity index (χ4n) is 2.43. The van der Waals surface area contributed by atoms with Crippen molar-refractivity contribution >= 4 is 11.7 Å². The lowest BCUT2D eigenvalue weighted by molar-refractivity contribution is 0.0698. The van der Waals surface area contributed by atoms with Gasteiger partial charge >= 0.3 is 5.97 Å². The molecule has 1 atom stereocenters. The van der Waals surface area contributed by atoms with E-state index in [0.717, 1.165) is 22.6 Å². The molecule has 1 aromatic carbocycles. The van der Waals surface area contributed by atoms with E-state index >= 15 is 0 Å². The van der Waals surface area contributed by atoms with Gasteiger partial charge in [0.05, 0.1) is 23.0 Å². The van der Waals surface area contributed by atoms with E-state index in [0.29, 0.717) is 5.69 Å². The topological polar surface area (TPSA) is 75.4 Å². The Kier molecular flexibility index (Phi) is 3.79. The van der Waals surface area contributed by atoms with Gasteiger partial charge < -0.3 is 14.9 Å². The second-order valence-corrected chi connectivity index (χ2v) is 4.91. The number of anilines is 1. The molecule has 0 fully saturated rings. The number of benzene rings is 1. The lowest BCUT2D eigenvalue weighted by Crippen LogP contribution is -2.13. The summed E-state index contributed by atoms with van der Waals surface area (Å²) in [5.41, 5.74) is 3.57. The van der Waals surface area contributed by atoms with Crippen LogP contribution in [0.4, 0.5) is 5.69 Å². The normalized spacial score (nSPS) is 12.2. The van der Waals surface area contributed by atoms with Gasteiger partial charge in [-0.15, -0.1) is 0 Å². The Morgan fingerprint density at radius 2 is 2.05 bits per heavy atom. The number of hydrogen-bond donors (Lipinski definition) is 2. The summed E-state index contributed by atoms with van der Waals surface area (Å²) in [4.78, 5) is 11.3.